The molecule has 8 nitrogen and oxygen atoms in total. The Morgan fingerprint density at radius 1 is 1.29 bits per heavy atom. The summed E-state index contributed by atoms with van der Waals surface area (Å²) in [6, 6.07) is 5.49. The molecule has 3 aliphatic rings. The van der Waals surface area contributed by atoms with Gasteiger partial charge >= 0.3 is 0 Å². The second-order valence-corrected chi connectivity index (χ2v) is 8.76. The molecule has 1 aromatic carbocycles. The van der Waals surface area contributed by atoms with Crippen molar-refractivity contribution in [3.05, 3.63) is 46.6 Å². The first-order valence-corrected chi connectivity index (χ1v) is 10.4. The number of aliphatic hydroxyl groups is 1. The lowest BCUT2D eigenvalue weighted by Gasteiger charge is -2.56. The van der Waals surface area contributed by atoms with Crippen LogP contribution in [0.2, 0.25) is 5.02 Å². The quantitative estimate of drug-likeness (QED) is 0.622. The third-order valence-electron chi connectivity index (χ3n) is 6.20. The lowest BCUT2D eigenvalue weighted by atomic mass is 9.60. The predicted molar refractivity (Wildman–Crippen MR) is 108 cm³/mol. The number of aryl methyl sites for hydroxylation is 1. The van der Waals surface area contributed by atoms with Gasteiger partial charge in [-0.05, 0) is 51.2 Å². The number of carbonyl (C=O) groups excluding carboxylic acids is 2. The molecule has 0 radical (unpaired) electrons. The van der Waals surface area contributed by atoms with Crippen molar-refractivity contribution in [2.45, 2.75) is 56.2 Å². The topological polar surface area (TPSA) is 114 Å². The monoisotopic (exact) mass is 451 g/mol. The van der Waals surface area contributed by atoms with Crippen molar-refractivity contribution in [3.63, 3.8) is 0 Å². The van der Waals surface area contributed by atoms with Crippen LogP contribution in [-0.2, 0) is 4.79 Å². The molecule has 3 fully saturated rings. The Labute approximate surface area is 183 Å². The Hall–Kier alpha value is -2.65. The number of hydrogen-bond donors (Lipinski definition) is 3. The highest BCUT2D eigenvalue weighted by molar-refractivity contribution is 6.30. The van der Waals surface area contributed by atoms with Gasteiger partial charge in [0.1, 0.15) is 11.6 Å². The van der Waals surface area contributed by atoms with Crippen molar-refractivity contribution in [1.82, 2.24) is 15.8 Å². The van der Waals surface area contributed by atoms with Crippen molar-refractivity contribution in [1.29, 1.82) is 0 Å². The van der Waals surface area contributed by atoms with Gasteiger partial charge in [0.2, 0.25) is 5.76 Å². The highest BCUT2D eigenvalue weighted by Crippen LogP contribution is 2.47. The van der Waals surface area contributed by atoms with Gasteiger partial charge in [0.15, 0.2) is 6.61 Å². The molecule has 3 saturated carbocycles. The molecule has 0 spiro atoms. The Morgan fingerprint density at radius 3 is 2.65 bits per heavy atom. The van der Waals surface area contributed by atoms with Crippen LogP contribution in [0.25, 0.3) is 0 Å². The zero-order valence-corrected chi connectivity index (χ0v) is 17.7. The first-order valence-electron chi connectivity index (χ1n) is 10.0. The number of carbonyl (C=O) groups is 2. The largest absolute Gasteiger partial charge is 0.484 e. The standard InChI is InChI=1S/C21H23ClFN3O5/c1-12-8-16(31-26-12)19(29)25-20-4-6-21(7-5-20,17(27)10-20)24-18(28)11-30-13-2-3-14(22)15(23)9-13/h2-3,8-9,17,27H,4-7,10-11H2,1H3,(H,24,28)(H,25,29)/t17-,20?,21?/m1/s1. The van der Waals surface area contributed by atoms with Gasteiger partial charge in [0, 0.05) is 17.7 Å². The molecule has 3 N–H and O–H groups in total. The van der Waals surface area contributed by atoms with E-state index in [1.807, 2.05) is 0 Å². The number of rotatable bonds is 6. The van der Waals surface area contributed by atoms with Gasteiger partial charge in [-0.3, -0.25) is 9.59 Å². The van der Waals surface area contributed by atoms with Gasteiger partial charge in [-0.2, -0.15) is 0 Å². The highest BCUT2D eigenvalue weighted by atomic mass is 35.5. The van der Waals surface area contributed by atoms with E-state index in [0.717, 1.165) is 6.07 Å². The molecule has 31 heavy (non-hydrogen) atoms. The summed E-state index contributed by atoms with van der Waals surface area (Å²) in [5.41, 5.74) is -0.720. The maximum atomic E-state index is 13.5. The molecule has 2 bridgehead atoms. The summed E-state index contributed by atoms with van der Waals surface area (Å²) in [5.74, 6) is -1.09. The summed E-state index contributed by atoms with van der Waals surface area (Å²) in [5, 5.41) is 20.4. The number of nitrogens with zero attached hydrogens (tertiary/aromatic N) is 1. The minimum atomic E-state index is -0.830. The molecule has 166 valence electrons. The van der Waals surface area contributed by atoms with Crippen molar-refractivity contribution in [2.24, 2.45) is 0 Å². The van der Waals surface area contributed by atoms with E-state index in [0.29, 0.717) is 37.8 Å². The molecule has 2 aromatic rings. The van der Waals surface area contributed by atoms with Crippen LogP contribution in [-0.4, -0.2) is 45.9 Å². The molecule has 1 aromatic heterocycles. The van der Waals surface area contributed by atoms with E-state index >= 15 is 0 Å². The number of hydrogen-bond acceptors (Lipinski definition) is 6. The normalized spacial score (nSPS) is 27.0. The van der Waals surface area contributed by atoms with Crippen LogP contribution in [0, 0.1) is 12.7 Å². The molecular formula is C21H23ClFN3O5. The van der Waals surface area contributed by atoms with Crippen LogP contribution in [0.4, 0.5) is 4.39 Å². The third kappa shape index (κ3) is 4.38. The SMILES string of the molecule is Cc1cc(C(=O)NC23CCC(NC(=O)COc4ccc(Cl)c(F)c4)(CC2)[C@H](O)C3)on1. The third-order valence-corrected chi connectivity index (χ3v) is 6.51. The number of nitrogens with one attached hydrogen (secondary N) is 2. The zero-order chi connectivity index (χ0) is 22.2. The fourth-order valence-corrected chi connectivity index (χ4v) is 4.58. The average molecular weight is 452 g/mol. The summed E-state index contributed by atoms with van der Waals surface area (Å²) in [6.07, 6.45) is 1.70. The van der Waals surface area contributed by atoms with Gasteiger partial charge < -0.3 is 25.0 Å². The van der Waals surface area contributed by atoms with E-state index < -0.39 is 28.9 Å². The lowest BCUT2D eigenvalue weighted by molar-refractivity contribution is -0.132. The van der Waals surface area contributed by atoms with Crippen LogP contribution in [0.15, 0.2) is 28.8 Å². The minimum absolute atomic E-state index is 0.0303. The first-order chi connectivity index (χ1) is 14.7. The maximum Gasteiger partial charge on any atom is 0.290 e. The number of aromatic nitrogens is 1. The molecular weight excluding hydrogens is 429 g/mol. The highest BCUT2D eigenvalue weighted by Gasteiger charge is 2.55. The Bertz CT molecular complexity index is 1000. The van der Waals surface area contributed by atoms with Gasteiger partial charge in [0.25, 0.3) is 11.8 Å². The van der Waals surface area contributed by atoms with Crippen LogP contribution >= 0.6 is 11.6 Å². The molecule has 1 atom stereocenters. The van der Waals surface area contributed by atoms with Crippen molar-refractivity contribution in [3.8, 4) is 5.75 Å². The fourth-order valence-electron chi connectivity index (χ4n) is 4.46. The summed E-state index contributed by atoms with van der Waals surface area (Å²) in [7, 11) is 0. The number of halogens is 2. The van der Waals surface area contributed by atoms with E-state index in [2.05, 4.69) is 15.8 Å². The van der Waals surface area contributed by atoms with Gasteiger partial charge in [-0.15, -0.1) is 0 Å². The summed E-state index contributed by atoms with van der Waals surface area (Å²) < 4.78 is 23.9. The van der Waals surface area contributed by atoms with E-state index in [9.17, 15) is 19.1 Å². The molecule has 10 heteroatoms. The number of ether oxygens (including phenoxy) is 1. The number of benzene rings is 1. The lowest BCUT2D eigenvalue weighted by Crippen LogP contribution is -2.70. The van der Waals surface area contributed by atoms with Gasteiger partial charge in [-0.25, -0.2) is 4.39 Å². The van der Waals surface area contributed by atoms with Crippen LogP contribution in [0.5, 0.6) is 5.75 Å². The van der Waals surface area contributed by atoms with E-state index in [-0.39, 0.29) is 29.0 Å². The summed E-state index contributed by atoms with van der Waals surface area (Å²) in [4.78, 5) is 24.9. The Morgan fingerprint density at radius 2 is 2.03 bits per heavy atom. The van der Waals surface area contributed by atoms with Crippen LogP contribution in [0.1, 0.15) is 48.4 Å². The molecule has 5 rings (SSSR count). The Balaban J connectivity index is 1.34. The van der Waals surface area contributed by atoms with Crippen molar-refractivity contribution >= 4 is 23.4 Å². The summed E-state index contributed by atoms with van der Waals surface area (Å²) in [6.45, 7) is 1.41. The smallest absolute Gasteiger partial charge is 0.290 e. The molecule has 2 amide bonds. The van der Waals surface area contributed by atoms with E-state index in [4.69, 9.17) is 20.9 Å². The number of fused-ring (bicyclic) bond motifs is 3. The molecule has 1 heterocycles. The molecule has 0 aliphatic heterocycles. The average Bonchev–Trinajstić information content (AvgIpc) is 3.17. The number of amides is 2. The van der Waals surface area contributed by atoms with Gasteiger partial charge in [0.05, 0.1) is 22.4 Å². The molecule has 0 unspecified atom stereocenters. The fraction of sp³-hybridized carbons (Fsp3) is 0.476. The van der Waals surface area contributed by atoms with E-state index in [1.165, 1.54) is 12.1 Å². The first kappa shape index (κ1) is 21.6. The predicted octanol–water partition coefficient (Wildman–Crippen LogP) is 2.52. The second kappa shape index (κ2) is 8.12. The van der Waals surface area contributed by atoms with Crippen molar-refractivity contribution < 1.29 is 28.3 Å². The molecule has 3 aliphatic carbocycles. The van der Waals surface area contributed by atoms with Crippen LogP contribution < -0.4 is 15.4 Å². The maximum absolute atomic E-state index is 13.5. The number of aliphatic hydroxyl groups excluding tert-OH is 1. The van der Waals surface area contributed by atoms with Crippen molar-refractivity contribution in [2.75, 3.05) is 6.61 Å². The Kier molecular flexibility index (Phi) is 5.65. The molecule has 0 saturated heterocycles. The minimum Gasteiger partial charge on any atom is -0.484 e. The summed E-state index contributed by atoms with van der Waals surface area (Å²) >= 11 is 5.64. The van der Waals surface area contributed by atoms with Gasteiger partial charge in [-0.1, -0.05) is 16.8 Å². The second-order valence-electron chi connectivity index (χ2n) is 8.36. The van der Waals surface area contributed by atoms with Crippen LogP contribution in [0.3, 0.4) is 0 Å². The van der Waals surface area contributed by atoms with E-state index in [1.54, 1.807) is 13.0 Å². The zero-order valence-electron chi connectivity index (χ0n) is 16.9.